The van der Waals surface area contributed by atoms with Gasteiger partial charge in [0, 0.05) is 22.3 Å². The minimum atomic E-state index is -0.345. The van der Waals surface area contributed by atoms with E-state index in [2.05, 4.69) is 184 Å². The average Bonchev–Trinajstić information content (AvgIpc) is 3.91. The predicted octanol–water partition coefficient (Wildman–Crippen LogP) is 12.9. The van der Waals surface area contributed by atoms with Crippen LogP contribution in [-0.2, 0) is 11.8 Å². The van der Waals surface area contributed by atoms with Crippen LogP contribution in [0.15, 0.2) is 145 Å². The topological polar surface area (TPSA) is 53.6 Å². The second-order valence-electron chi connectivity index (χ2n) is 17.7. The van der Waals surface area contributed by atoms with E-state index in [1.807, 2.05) is 6.07 Å². The Balaban J connectivity index is 1.15. The first-order valence-electron chi connectivity index (χ1n) is 20.8. The third kappa shape index (κ3) is 5.30. The number of hydrogen-bond acceptors (Lipinski definition) is 4. The van der Waals surface area contributed by atoms with Gasteiger partial charge >= 0.3 is 0 Å². The van der Waals surface area contributed by atoms with Crippen molar-refractivity contribution in [2.75, 3.05) is 4.90 Å². The number of nitrogens with zero attached hydrogens (tertiary/aromatic N) is 4. The number of phenolic OH excluding ortho intramolecular Hbond substituents is 1. The number of aliphatic imine (C=N–C) groups is 1. The van der Waals surface area contributed by atoms with Crippen molar-refractivity contribution >= 4 is 22.6 Å². The molecule has 0 saturated carbocycles. The Bertz CT molecular complexity index is 3050. The van der Waals surface area contributed by atoms with E-state index >= 15 is 0 Å². The molecule has 2 aliphatic heterocycles. The molecule has 3 heterocycles. The lowest BCUT2D eigenvalue weighted by atomic mass is 9.80. The van der Waals surface area contributed by atoms with E-state index in [0.717, 1.165) is 79.3 Å². The summed E-state index contributed by atoms with van der Waals surface area (Å²) in [5.74, 6) is 2.03. The number of anilines is 1. The van der Waals surface area contributed by atoms with Crippen molar-refractivity contribution in [2.45, 2.75) is 65.5 Å². The monoisotopic (exact) mass is 766 g/mol. The van der Waals surface area contributed by atoms with E-state index in [-0.39, 0.29) is 23.2 Å². The molecule has 0 unspecified atom stereocenters. The molecule has 0 bridgehead atoms. The fourth-order valence-electron chi connectivity index (χ4n) is 10.5. The zero-order chi connectivity index (χ0) is 40.3. The highest BCUT2D eigenvalue weighted by atomic mass is 16.3. The molecule has 0 fully saturated rings. The van der Waals surface area contributed by atoms with E-state index in [1.54, 1.807) is 0 Å². The molecule has 2 atom stereocenters. The maximum atomic E-state index is 12.5. The quantitative estimate of drug-likeness (QED) is 0.194. The van der Waals surface area contributed by atoms with Crippen molar-refractivity contribution in [1.82, 2.24) is 9.55 Å². The van der Waals surface area contributed by atoms with Gasteiger partial charge in [-0.3, -0.25) is 9.56 Å². The lowest BCUT2D eigenvalue weighted by molar-refractivity contribution is 0.449. The molecule has 8 aromatic rings. The number of para-hydroxylation sites is 2. The SMILES string of the molecule is Cc1cc(C)c(-n2c(-c3ccc(-c4ccccc4)c(C(C)(C)C)c3O)nc3c(-c4ccc5c(c4)C4=N[C@H]6c7ccccc7C[C@H]6N4c4ccccc4-5)cccc32)c(C)c1. The third-order valence-electron chi connectivity index (χ3n) is 12.8. The molecular weight excluding hydrogens is 721 g/mol. The van der Waals surface area contributed by atoms with Gasteiger partial charge in [0.2, 0.25) is 0 Å². The number of phenols is 1. The van der Waals surface area contributed by atoms with Crippen LogP contribution in [-0.4, -0.2) is 26.5 Å². The van der Waals surface area contributed by atoms with Gasteiger partial charge < -0.3 is 10.0 Å². The van der Waals surface area contributed by atoms with Gasteiger partial charge in [0.05, 0.1) is 40.1 Å². The molecule has 1 aromatic heterocycles. The number of rotatable bonds is 4. The molecule has 288 valence electrons. The molecule has 1 N–H and O–H groups in total. The number of hydrogen-bond donors (Lipinski definition) is 1. The average molecular weight is 767 g/mol. The van der Waals surface area contributed by atoms with Crippen molar-refractivity contribution in [3.63, 3.8) is 0 Å². The molecule has 7 aromatic carbocycles. The van der Waals surface area contributed by atoms with Crippen molar-refractivity contribution in [3.8, 4) is 56.2 Å². The first-order valence-corrected chi connectivity index (χ1v) is 20.8. The van der Waals surface area contributed by atoms with Gasteiger partial charge in [-0.05, 0) is 101 Å². The van der Waals surface area contributed by atoms with Gasteiger partial charge in [-0.15, -0.1) is 0 Å². The van der Waals surface area contributed by atoms with Crippen LogP contribution in [0.5, 0.6) is 5.75 Å². The molecule has 0 saturated heterocycles. The summed E-state index contributed by atoms with van der Waals surface area (Å²) in [5, 5.41) is 12.5. The minimum absolute atomic E-state index is 0.102. The standard InChI is InChI=1S/C54H46N4O/c1-31-27-32(2)50(33(3)28-31)58-45-22-14-20-39(48(45)55-52(58)42-26-25-37(34-15-8-7-9-16-34)47(51(42)59)54(4,5)6)36-23-24-40-41-19-12-13-21-44(41)57-46-30-35-17-10-11-18-38(35)49(46)56-53(57)43(40)29-36/h7-29,46,49,59H,30H2,1-6H3/t46-,49+/m1/s1. The van der Waals surface area contributed by atoms with Crippen LogP contribution >= 0.6 is 0 Å². The molecule has 3 aliphatic rings. The number of amidine groups is 1. The smallest absolute Gasteiger partial charge is 0.149 e. The Morgan fingerprint density at radius 1 is 0.627 bits per heavy atom. The predicted molar refractivity (Wildman–Crippen MR) is 243 cm³/mol. The molecule has 0 spiro atoms. The summed E-state index contributed by atoms with van der Waals surface area (Å²) < 4.78 is 2.28. The van der Waals surface area contributed by atoms with Crippen LogP contribution in [0.2, 0.25) is 0 Å². The number of fused-ring (bicyclic) bond motifs is 11. The molecule has 0 radical (unpaired) electrons. The molecule has 5 nitrogen and oxygen atoms in total. The summed E-state index contributed by atoms with van der Waals surface area (Å²) in [6.45, 7) is 13.0. The number of aryl methyl sites for hydroxylation is 3. The Morgan fingerprint density at radius 2 is 1.32 bits per heavy atom. The van der Waals surface area contributed by atoms with E-state index in [4.69, 9.17) is 9.98 Å². The molecular formula is C54H46N4O. The third-order valence-corrected chi connectivity index (χ3v) is 12.8. The van der Waals surface area contributed by atoms with Gasteiger partial charge in [0.15, 0.2) is 0 Å². The summed E-state index contributed by atoms with van der Waals surface area (Å²) >= 11 is 0. The van der Waals surface area contributed by atoms with Crippen LogP contribution in [0.25, 0.3) is 61.5 Å². The molecule has 0 amide bonds. The lowest BCUT2D eigenvalue weighted by Crippen LogP contribution is -2.39. The highest BCUT2D eigenvalue weighted by Crippen LogP contribution is 2.51. The van der Waals surface area contributed by atoms with Crippen molar-refractivity contribution in [2.24, 2.45) is 4.99 Å². The van der Waals surface area contributed by atoms with Gasteiger partial charge in [-0.1, -0.05) is 142 Å². The van der Waals surface area contributed by atoms with Crippen LogP contribution < -0.4 is 4.90 Å². The number of aromatic nitrogens is 2. The molecule has 1 aliphatic carbocycles. The van der Waals surface area contributed by atoms with Crippen molar-refractivity contribution in [3.05, 3.63) is 178 Å². The van der Waals surface area contributed by atoms with Crippen LogP contribution in [0.3, 0.4) is 0 Å². The van der Waals surface area contributed by atoms with Gasteiger partial charge in [-0.2, -0.15) is 0 Å². The van der Waals surface area contributed by atoms with Crippen molar-refractivity contribution < 1.29 is 5.11 Å². The van der Waals surface area contributed by atoms with Gasteiger partial charge in [0.25, 0.3) is 0 Å². The lowest BCUT2D eigenvalue weighted by Gasteiger charge is -2.34. The highest BCUT2D eigenvalue weighted by Gasteiger charge is 2.46. The van der Waals surface area contributed by atoms with Crippen LogP contribution in [0.1, 0.15) is 65.8 Å². The Kier molecular flexibility index (Phi) is 7.74. The largest absolute Gasteiger partial charge is 0.507 e. The second kappa shape index (κ2) is 12.9. The van der Waals surface area contributed by atoms with E-state index in [1.165, 1.54) is 33.5 Å². The zero-order valence-electron chi connectivity index (χ0n) is 34.4. The Labute approximate surface area is 346 Å². The van der Waals surface area contributed by atoms with Gasteiger partial charge in [0.1, 0.15) is 17.4 Å². The summed E-state index contributed by atoms with van der Waals surface area (Å²) in [7, 11) is 0. The van der Waals surface area contributed by atoms with E-state index in [0.29, 0.717) is 5.56 Å². The molecule has 11 rings (SSSR count). The van der Waals surface area contributed by atoms with Crippen molar-refractivity contribution in [1.29, 1.82) is 0 Å². The fourth-order valence-corrected chi connectivity index (χ4v) is 10.5. The molecule has 59 heavy (non-hydrogen) atoms. The number of benzene rings is 7. The minimum Gasteiger partial charge on any atom is -0.507 e. The maximum absolute atomic E-state index is 12.5. The van der Waals surface area contributed by atoms with E-state index < -0.39 is 0 Å². The van der Waals surface area contributed by atoms with Gasteiger partial charge in [-0.25, -0.2) is 4.98 Å². The maximum Gasteiger partial charge on any atom is 0.149 e. The number of aromatic hydroxyl groups is 1. The summed E-state index contributed by atoms with van der Waals surface area (Å²) in [6.07, 6.45) is 0.977. The summed E-state index contributed by atoms with van der Waals surface area (Å²) in [6, 6.07) is 50.4. The van der Waals surface area contributed by atoms with Crippen LogP contribution in [0.4, 0.5) is 5.69 Å². The Hall–Kier alpha value is -6.72. The fraction of sp³-hybridized carbons (Fsp3) is 0.185. The molecule has 5 heteroatoms. The van der Waals surface area contributed by atoms with Crippen LogP contribution in [0, 0.1) is 20.8 Å². The second-order valence-corrected chi connectivity index (χ2v) is 17.7. The van der Waals surface area contributed by atoms with E-state index in [9.17, 15) is 5.11 Å². The first kappa shape index (κ1) is 35.4. The highest BCUT2D eigenvalue weighted by molar-refractivity contribution is 6.21. The summed E-state index contributed by atoms with van der Waals surface area (Å²) in [5.41, 5.74) is 19.5. The zero-order valence-corrected chi connectivity index (χ0v) is 34.4. The normalized spacial score (nSPS) is 16.4. The first-order chi connectivity index (χ1) is 28.6. The summed E-state index contributed by atoms with van der Waals surface area (Å²) in [4.78, 5) is 13.6. The Morgan fingerprint density at radius 3 is 2.12 bits per heavy atom. The number of imidazole rings is 1.